The van der Waals surface area contributed by atoms with Crippen molar-refractivity contribution >= 4 is 11.3 Å². The molecule has 1 aliphatic heterocycles. The van der Waals surface area contributed by atoms with Crippen LogP contribution >= 0.6 is 0 Å². The van der Waals surface area contributed by atoms with Crippen LogP contribution < -0.4 is 4.74 Å². The lowest BCUT2D eigenvalue weighted by atomic mass is 9.94. The molecule has 0 atom stereocenters. The molecule has 0 aromatic heterocycles. The van der Waals surface area contributed by atoms with E-state index in [-0.39, 0.29) is 11.3 Å². The van der Waals surface area contributed by atoms with Crippen molar-refractivity contribution in [3.8, 4) is 5.75 Å². The standard InChI is InChI=1S/C21H16F5NO/c1-13-8-9-16(14-6-4-3-5-7-14)20(27(13)2)19-17(22)10-15(11-18(19)23)28-12-21(24,25)26/h3-11H,1,12H2,2H3. The third kappa shape index (κ3) is 4.08. The Balaban J connectivity index is 2.12. The molecule has 2 nitrogen and oxygen atoms in total. The number of nitrogens with zero attached hydrogens (tertiary/aromatic N) is 1. The quantitative estimate of drug-likeness (QED) is 0.610. The SMILES string of the molecule is C=C1C=CC(c2ccccc2)=C(c2c(F)cc(OCC(F)(F)F)cc2F)N1C. The molecule has 3 rings (SSSR count). The van der Waals surface area contributed by atoms with E-state index in [4.69, 9.17) is 0 Å². The van der Waals surface area contributed by atoms with Crippen LogP contribution in [-0.4, -0.2) is 24.7 Å². The molecule has 7 heteroatoms. The third-order valence-electron chi connectivity index (χ3n) is 4.20. The van der Waals surface area contributed by atoms with E-state index in [1.54, 1.807) is 43.5 Å². The summed E-state index contributed by atoms with van der Waals surface area (Å²) in [4.78, 5) is 1.53. The minimum Gasteiger partial charge on any atom is -0.484 e. The zero-order chi connectivity index (χ0) is 20.5. The highest BCUT2D eigenvalue weighted by molar-refractivity contribution is 5.97. The number of allylic oxidation sites excluding steroid dienone is 3. The number of alkyl halides is 3. The van der Waals surface area contributed by atoms with E-state index >= 15 is 0 Å². The number of hydrogen-bond acceptors (Lipinski definition) is 2. The molecular formula is C21H16F5NO. The van der Waals surface area contributed by atoms with Gasteiger partial charge in [0.25, 0.3) is 0 Å². The summed E-state index contributed by atoms with van der Waals surface area (Å²) in [5.74, 6) is -2.60. The largest absolute Gasteiger partial charge is 0.484 e. The Kier molecular flexibility index (Phi) is 5.27. The van der Waals surface area contributed by atoms with Gasteiger partial charge in [0.05, 0.1) is 11.3 Å². The lowest BCUT2D eigenvalue weighted by molar-refractivity contribution is -0.153. The fraction of sp³-hybridized carbons (Fsp3) is 0.143. The van der Waals surface area contributed by atoms with Crippen LogP contribution in [0.25, 0.3) is 11.3 Å². The number of ether oxygens (including phenoxy) is 1. The molecule has 0 saturated heterocycles. The first-order valence-electron chi connectivity index (χ1n) is 8.27. The van der Waals surface area contributed by atoms with Gasteiger partial charge in [-0.05, 0) is 11.6 Å². The van der Waals surface area contributed by atoms with Crippen molar-refractivity contribution in [3.05, 3.63) is 89.7 Å². The number of rotatable bonds is 4. The zero-order valence-corrected chi connectivity index (χ0v) is 14.9. The van der Waals surface area contributed by atoms with Crippen LogP contribution in [0, 0.1) is 11.6 Å². The minimum absolute atomic E-state index is 0.219. The Morgan fingerprint density at radius 3 is 2.18 bits per heavy atom. The van der Waals surface area contributed by atoms with Gasteiger partial charge >= 0.3 is 6.18 Å². The first kappa shape index (κ1) is 19.7. The molecule has 0 N–H and O–H groups in total. The van der Waals surface area contributed by atoms with E-state index in [0.29, 0.717) is 11.3 Å². The van der Waals surface area contributed by atoms with E-state index in [0.717, 1.165) is 17.7 Å². The van der Waals surface area contributed by atoms with Crippen molar-refractivity contribution in [1.82, 2.24) is 4.90 Å². The highest BCUT2D eigenvalue weighted by atomic mass is 19.4. The molecule has 2 aromatic carbocycles. The second-order valence-electron chi connectivity index (χ2n) is 6.18. The molecule has 1 heterocycles. The van der Waals surface area contributed by atoms with Crippen LogP contribution in [0.3, 0.4) is 0 Å². The molecule has 0 aliphatic carbocycles. The Bertz CT molecular complexity index is 938. The maximum Gasteiger partial charge on any atom is 0.422 e. The molecule has 1 aliphatic rings. The number of benzene rings is 2. The Morgan fingerprint density at radius 1 is 1.00 bits per heavy atom. The maximum absolute atomic E-state index is 14.8. The fourth-order valence-corrected chi connectivity index (χ4v) is 2.87. The number of hydrogen-bond donors (Lipinski definition) is 0. The summed E-state index contributed by atoms with van der Waals surface area (Å²) in [5.41, 5.74) is 1.63. The van der Waals surface area contributed by atoms with Crippen LogP contribution in [-0.2, 0) is 0 Å². The minimum atomic E-state index is -4.61. The first-order valence-corrected chi connectivity index (χ1v) is 8.27. The van der Waals surface area contributed by atoms with Gasteiger partial charge in [-0.1, -0.05) is 43.0 Å². The van der Waals surface area contributed by atoms with E-state index in [9.17, 15) is 22.0 Å². The second-order valence-corrected chi connectivity index (χ2v) is 6.18. The predicted octanol–water partition coefficient (Wildman–Crippen LogP) is 5.79. The van der Waals surface area contributed by atoms with Crippen molar-refractivity contribution in [3.63, 3.8) is 0 Å². The van der Waals surface area contributed by atoms with E-state index in [2.05, 4.69) is 11.3 Å². The molecule has 0 unspecified atom stereocenters. The van der Waals surface area contributed by atoms with Crippen LogP contribution in [0.5, 0.6) is 5.75 Å². The molecule has 0 saturated carbocycles. The average molecular weight is 393 g/mol. The molecule has 2 aromatic rings. The molecule has 0 radical (unpaired) electrons. The van der Waals surface area contributed by atoms with Crippen LogP contribution in [0.2, 0.25) is 0 Å². The lowest BCUT2D eigenvalue weighted by Gasteiger charge is -2.30. The smallest absolute Gasteiger partial charge is 0.422 e. The third-order valence-corrected chi connectivity index (χ3v) is 4.20. The van der Waals surface area contributed by atoms with E-state index in [1.807, 2.05) is 6.07 Å². The molecule has 0 amide bonds. The van der Waals surface area contributed by atoms with Gasteiger partial charge in [0, 0.05) is 30.5 Å². The molecular weight excluding hydrogens is 377 g/mol. The zero-order valence-electron chi connectivity index (χ0n) is 14.9. The summed E-state index contributed by atoms with van der Waals surface area (Å²) >= 11 is 0. The molecule has 146 valence electrons. The topological polar surface area (TPSA) is 12.5 Å². The normalized spacial score (nSPS) is 14.6. The Hall–Kier alpha value is -3.09. The van der Waals surface area contributed by atoms with E-state index in [1.165, 1.54) is 4.90 Å². The van der Waals surface area contributed by atoms with Gasteiger partial charge in [0.15, 0.2) is 6.61 Å². The second kappa shape index (κ2) is 7.50. The van der Waals surface area contributed by atoms with Gasteiger partial charge in [0.1, 0.15) is 17.4 Å². The Labute approximate surface area is 158 Å². The van der Waals surface area contributed by atoms with Crippen molar-refractivity contribution in [2.45, 2.75) is 6.18 Å². The van der Waals surface area contributed by atoms with Crippen molar-refractivity contribution < 1.29 is 26.7 Å². The van der Waals surface area contributed by atoms with Gasteiger partial charge in [-0.3, -0.25) is 0 Å². The summed E-state index contributed by atoms with van der Waals surface area (Å²) in [6, 6.07) is 10.5. The van der Waals surface area contributed by atoms with Crippen LogP contribution in [0.15, 0.2) is 66.9 Å². The highest BCUT2D eigenvalue weighted by Crippen LogP contribution is 2.38. The molecule has 0 bridgehead atoms. The number of likely N-dealkylation sites (N-methyl/N-ethyl adjacent to an activating group) is 1. The van der Waals surface area contributed by atoms with Crippen molar-refractivity contribution in [2.75, 3.05) is 13.7 Å². The van der Waals surface area contributed by atoms with E-state index < -0.39 is 30.2 Å². The average Bonchev–Trinajstić information content (AvgIpc) is 2.63. The summed E-state index contributed by atoms with van der Waals surface area (Å²) in [6.07, 6.45) is -1.21. The summed E-state index contributed by atoms with van der Waals surface area (Å²) in [5, 5.41) is 0. The van der Waals surface area contributed by atoms with Gasteiger partial charge in [-0.2, -0.15) is 13.2 Å². The molecule has 0 spiro atoms. The molecule has 0 fully saturated rings. The summed E-state index contributed by atoms with van der Waals surface area (Å²) < 4.78 is 71.0. The first-order chi connectivity index (χ1) is 13.2. The monoisotopic (exact) mass is 393 g/mol. The predicted molar refractivity (Wildman–Crippen MR) is 97.2 cm³/mol. The van der Waals surface area contributed by atoms with Gasteiger partial charge < -0.3 is 9.64 Å². The van der Waals surface area contributed by atoms with Crippen LogP contribution in [0.1, 0.15) is 11.1 Å². The highest BCUT2D eigenvalue weighted by Gasteiger charge is 2.30. The maximum atomic E-state index is 14.8. The van der Waals surface area contributed by atoms with Crippen molar-refractivity contribution in [2.24, 2.45) is 0 Å². The van der Waals surface area contributed by atoms with Crippen LogP contribution in [0.4, 0.5) is 22.0 Å². The Morgan fingerprint density at radius 2 is 1.61 bits per heavy atom. The van der Waals surface area contributed by atoms with Crippen molar-refractivity contribution in [1.29, 1.82) is 0 Å². The summed E-state index contributed by atoms with van der Waals surface area (Å²) in [7, 11) is 1.61. The van der Waals surface area contributed by atoms with Gasteiger partial charge in [-0.15, -0.1) is 0 Å². The summed E-state index contributed by atoms with van der Waals surface area (Å²) in [6.45, 7) is 2.21. The fourth-order valence-electron chi connectivity index (χ4n) is 2.87. The molecule has 28 heavy (non-hydrogen) atoms. The van der Waals surface area contributed by atoms with Gasteiger partial charge in [0.2, 0.25) is 0 Å². The lowest BCUT2D eigenvalue weighted by Crippen LogP contribution is -2.21. The number of halogens is 5. The van der Waals surface area contributed by atoms with Gasteiger partial charge in [-0.25, -0.2) is 8.78 Å².